The van der Waals surface area contributed by atoms with Crippen molar-refractivity contribution in [3.05, 3.63) is 52.5 Å². The summed E-state index contributed by atoms with van der Waals surface area (Å²) in [5.41, 5.74) is 2.02. The molecule has 0 saturated heterocycles. The van der Waals surface area contributed by atoms with Gasteiger partial charge in [-0.15, -0.1) is 24.0 Å². The van der Waals surface area contributed by atoms with E-state index in [1.807, 2.05) is 37.3 Å². The van der Waals surface area contributed by atoms with Crippen LogP contribution in [0.3, 0.4) is 0 Å². The number of halogens is 2. The first-order valence-corrected chi connectivity index (χ1v) is 9.04. The van der Waals surface area contributed by atoms with E-state index in [9.17, 15) is 0 Å². The molecule has 8 heteroatoms. The molecule has 2 aromatic rings. The van der Waals surface area contributed by atoms with Gasteiger partial charge in [-0.3, -0.25) is 0 Å². The number of benzene rings is 2. The van der Waals surface area contributed by atoms with Gasteiger partial charge in [-0.1, -0.05) is 23.7 Å². The van der Waals surface area contributed by atoms with Gasteiger partial charge in [-0.2, -0.15) is 0 Å². The highest BCUT2D eigenvalue weighted by Crippen LogP contribution is 2.27. The van der Waals surface area contributed by atoms with Gasteiger partial charge < -0.3 is 24.8 Å². The van der Waals surface area contributed by atoms with Gasteiger partial charge >= 0.3 is 0 Å². The number of hydrogen-bond acceptors (Lipinski definition) is 4. The Balaban J connectivity index is 0.00000392. The van der Waals surface area contributed by atoms with Crippen molar-refractivity contribution < 1.29 is 14.2 Å². The Labute approximate surface area is 188 Å². The van der Waals surface area contributed by atoms with Gasteiger partial charge in [0.15, 0.2) is 17.5 Å². The molecule has 0 unspecified atom stereocenters. The van der Waals surface area contributed by atoms with Crippen molar-refractivity contribution in [2.45, 2.75) is 20.0 Å². The van der Waals surface area contributed by atoms with Crippen molar-refractivity contribution in [1.29, 1.82) is 0 Å². The third-order valence-electron chi connectivity index (χ3n) is 3.91. The van der Waals surface area contributed by atoms with Crippen molar-refractivity contribution in [3.8, 4) is 17.2 Å². The molecule has 0 radical (unpaired) electrons. The number of methoxy groups -OCH3 is 3. The van der Waals surface area contributed by atoms with E-state index in [1.54, 1.807) is 27.4 Å². The lowest BCUT2D eigenvalue weighted by molar-refractivity contribution is 0.354. The number of hydrogen-bond donors (Lipinski definition) is 2. The summed E-state index contributed by atoms with van der Waals surface area (Å²) < 4.78 is 16.0. The third kappa shape index (κ3) is 6.94. The molecule has 0 aliphatic heterocycles. The number of ether oxygens (including phenoxy) is 3. The molecular weight excluding hydrogens is 493 g/mol. The van der Waals surface area contributed by atoms with Crippen LogP contribution in [0.1, 0.15) is 18.1 Å². The Morgan fingerprint density at radius 2 is 1.64 bits per heavy atom. The van der Waals surface area contributed by atoms with E-state index >= 15 is 0 Å². The van der Waals surface area contributed by atoms with E-state index in [1.165, 1.54) is 0 Å². The smallest absolute Gasteiger partial charge is 0.191 e. The second kappa shape index (κ2) is 12.6. The summed E-state index contributed by atoms with van der Waals surface area (Å²) in [5.74, 6) is 2.84. The number of guanidine groups is 1. The molecule has 2 aromatic carbocycles. The topological polar surface area (TPSA) is 64.1 Å². The van der Waals surface area contributed by atoms with Crippen LogP contribution in [0.2, 0.25) is 5.02 Å². The first-order valence-electron chi connectivity index (χ1n) is 8.66. The van der Waals surface area contributed by atoms with E-state index in [0.717, 1.165) is 23.4 Å². The molecule has 0 fully saturated rings. The highest BCUT2D eigenvalue weighted by Gasteiger charge is 2.07. The van der Waals surface area contributed by atoms with Gasteiger partial charge in [0.1, 0.15) is 5.75 Å². The van der Waals surface area contributed by atoms with E-state index in [-0.39, 0.29) is 24.0 Å². The second-order valence-corrected chi connectivity index (χ2v) is 6.13. The quantitative estimate of drug-likeness (QED) is 0.310. The Hall–Kier alpha value is -1.87. The SMILES string of the molecule is CCNC(=NCc1ccc(OC)c(OC)c1)NCc1ccc(Cl)cc1OC.I. The first-order chi connectivity index (χ1) is 13.1. The number of aliphatic imine (C=N–C) groups is 1. The van der Waals surface area contributed by atoms with Crippen molar-refractivity contribution in [1.82, 2.24) is 10.6 Å². The van der Waals surface area contributed by atoms with E-state index in [4.69, 9.17) is 25.8 Å². The van der Waals surface area contributed by atoms with Crippen LogP contribution in [0.4, 0.5) is 0 Å². The fourth-order valence-electron chi connectivity index (χ4n) is 2.53. The number of rotatable bonds is 8. The minimum absolute atomic E-state index is 0. The van der Waals surface area contributed by atoms with Crippen LogP contribution < -0.4 is 24.8 Å². The minimum atomic E-state index is 0. The normalized spacial score (nSPS) is 10.7. The maximum absolute atomic E-state index is 6.02. The molecule has 2 rings (SSSR count). The number of nitrogens with one attached hydrogen (secondary N) is 2. The molecule has 0 heterocycles. The lowest BCUT2D eigenvalue weighted by atomic mass is 10.2. The monoisotopic (exact) mass is 519 g/mol. The predicted octanol–water partition coefficient (Wildman–Crippen LogP) is 4.24. The summed E-state index contributed by atoms with van der Waals surface area (Å²) in [4.78, 5) is 4.63. The third-order valence-corrected chi connectivity index (χ3v) is 4.14. The summed E-state index contributed by atoms with van der Waals surface area (Å²) in [6, 6.07) is 11.3. The fourth-order valence-corrected chi connectivity index (χ4v) is 2.70. The van der Waals surface area contributed by atoms with Gasteiger partial charge in [0, 0.05) is 23.7 Å². The van der Waals surface area contributed by atoms with Crippen LogP contribution in [0, 0.1) is 0 Å². The van der Waals surface area contributed by atoms with Gasteiger partial charge in [0.05, 0.1) is 27.9 Å². The van der Waals surface area contributed by atoms with Crippen LogP contribution in [-0.4, -0.2) is 33.8 Å². The highest BCUT2D eigenvalue weighted by molar-refractivity contribution is 14.0. The lowest BCUT2D eigenvalue weighted by Crippen LogP contribution is -2.36. The van der Waals surface area contributed by atoms with E-state index in [2.05, 4.69) is 15.6 Å². The molecule has 0 amide bonds. The zero-order valence-corrected chi connectivity index (χ0v) is 19.6. The van der Waals surface area contributed by atoms with Crippen LogP contribution in [0.5, 0.6) is 17.2 Å². The Kier molecular flexibility index (Phi) is 10.8. The van der Waals surface area contributed by atoms with Crippen LogP contribution in [-0.2, 0) is 13.1 Å². The maximum atomic E-state index is 6.02. The molecular formula is C20H27ClIN3O3. The molecule has 28 heavy (non-hydrogen) atoms. The van der Waals surface area contributed by atoms with Gasteiger partial charge in [0.2, 0.25) is 0 Å². The highest BCUT2D eigenvalue weighted by atomic mass is 127. The molecule has 0 aliphatic rings. The van der Waals surface area contributed by atoms with Crippen LogP contribution >= 0.6 is 35.6 Å². The van der Waals surface area contributed by atoms with Crippen molar-refractivity contribution in [2.24, 2.45) is 4.99 Å². The standard InChI is InChI=1S/C20H26ClN3O3.HI/c1-5-22-20(24-13-15-7-8-16(21)11-18(15)26-3)23-12-14-6-9-17(25-2)19(10-14)27-4;/h6-11H,5,12-13H2,1-4H3,(H2,22,23,24);1H. The zero-order valence-electron chi connectivity index (χ0n) is 16.5. The van der Waals surface area contributed by atoms with Gasteiger partial charge in [0.25, 0.3) is 0 Å². The molecule has 0 saturated carbocycles. The first kappa shape index (κ1) is 24.2. The molecule has 0 atom stereocenters. The molecule has 0 spiro atoms. The summed E-state index contributed by atoms with van der Waals surface area (Å²) >= 11 is 6.02. The Morgan fingerprint density at radius 1 is 0.929 bits per heavy atom. The summed E-state index contributed by atoms with van der Waals surface area (Å²) in [6.45, 7) is 3.86. The lowest BCUT2D eigenvalue weighted by Gasteiger charge is -2.14. The van der Waals surface area contributed by atoms with Crippen LogP contribution in [0.15, 0.2) is 41.4 Å². The molecule has 0 aromatic heterocycles. The average molecular weight is 520 g/mol. The van der Waals surface area contributed by atoms with Crippen molar-refractivity contribution in [3.63, 3.8) is 0 Å². The zero-order chi connectivity index (χ0) is 19.6. The molecule has 0 aliphatic carbocycles. The average Bonchev–Trinajstić information content (AvgIpc) is 2.70. The summed E-state index contributed by atoms with van der Waals surface area (Å²) in [5, 5.41) is 7.19. The second-order valence-electron chi connectivity index (χ2n) is 5.69. The largest absolute Gasteiger partial charge is 0.496 e. The minimum Gasteiger partial charge on any atom is -0.496 e. The van der Waals surface area contributed by atoms with E-state index < -0.39 is 0 Å². The molecule has 2 N–H and O–H groups in total. The number of nitrogens with zero attached hydrogens (tertiary/aromatic N) is 1. The van der Waals surface area contributed by atoms with Crippen molar-refractivity contribution in [2.75, 3.05) is 27.9 Å². The summed E-state index contributed by atoms with van der Waals surface area (Å²) in [6.07, 6.45) is 0. The maximum Gasteiger partial charge on any atom is 0.191 e. The Bertz CT molecular complexity index is 787. The van der Waals surface area contributed by atoms with Crippen molar-refractivity contribution >= 4 is 41.5 Å². The molecule has 154 valence electrons. The molecule has 6 nitrogen and oxygen atoms in total. The predicted molar refractivity (Wildman–Crippen MR) is 125 cm³/mol. The Morgan fingerprint density at radius 3 is 2.29 bits per heavy atom. The fraction of sp³-hybridized carbons (Fsp3) is 0.350. The van der Waals surface area contributed by atoms with E-state index in [0.29, 0.717) is 35.6 Å². The van der Waals surface area contributed by atoms with Gasteiger partial charge in [-0.05, 0) is 36.8 Å². The van der Waals surface area contributed by atoms with Gasteiger partial charge in [-0.25, -0.2) is 4.99 Å². The summed E-state index contributed by atoms with van der Waals surface area (Å²) in [7, 11) is 4.87. The molecule has 0 bridgehead atoms. The van der Waals surface area contributed by atoms with Crippen LogP contribution in [0.25, 0.3) is 0 Å².